The van der Waals surface area contributed by atoms with E-state index in [0.29, 0.717) is 0 Å². The standard InChI is InChI=1S/C21H19NO/c1-2-9-19(10-3-1)23-20-11-6-7-17(15-20)16-22-14-13-18-8-4-5-12-21(18)22/h1-12,15H,13-14,16H2. The summed E-state index contributed by atoms with van der Waals surface area (Å²) >= 11 is 0. The minimum Gasteiger partial charge on any atom is -0.457 e. The maximum absolute atomic E-state index is 5.93. The summed E-state index contributed by atoms with van der Waals surface area (Å²) in [5.74, 6) is 1.76. The molecule has 0 aliphatic carbocycles. The molecule has 1 heterocycles. The fraction of sp³-hybridized carbons (Fsp3) is 0.143. The van der Waals surface area contributed by atoms with Crippen molar-refractivity contribution in [3.8, 4) is 11.5 Å². The van der Waals surface area contributed by atoms with Crippen LogP contribution in [-0.2, 0) is 13.0 Å². The lowest BCUT2D eigenvalue weighted by atomic mass is 10.1. The van der Waals surface area contributed by atoms with Crippen LogP contribution in [0.25, 0.3) is 0 Å². The lowest BCUT2D eigenvalue weighted by Crippen LogP contribution is -2.19. The van der Waals surface area contributed by atoms with Gasteiger partial charge in [0.15, 0.2) is 0 Å². The van der Waals surface area contributed by atoms with Crippen molar-refractivity contribution in [2.24, 2.45) is 0 Å². The van der Waals surface area contributed by atoms with Crippen LogP contribution in [0.5, 0.6) is 11.5 Å². The Balaban J connectivity index is 1.51. The summed E-state index contributed by atoms with van der Waals surface area (Å²) in [7, 11) is 0. The molecule has 0 saturated carbocycles. The third kappa shape index (κ3) is 3.07. The highest BCUT2D eigenvalue weighted by Crippen LogP contribution is 2.30. The highest BCUT2D eigenvalue weighted by atomic mass is 16.5. The van der Waals surface area contributed by atoms with Gasteiger partial charge in [-0.3, -0.25) is 0 Å². The fourth-order valence-corrected chi connectivity index (χ4v) is 3.12. The first-order valence-electron chi connectivity index (χ1n) is 8.03. The molecule has 3 aromatic carbocycles. The van der Waals surface area contributed by atoms with Crippen LogP contribution in [0.1, 0.15) is 11.1 Å². The molecule has 0 N–H and O–H groups in total. The third-order valence-electron chi connectivity index (χ3n) is 4.23. The first-order valence-corrected chi connectivity index (χ1v) is 8.03. The van der Waals surface area contributed by atoms with Gasteiger partial charge in [0.25, 0.3) is 0 Å². The molecule has 0 aromatic heterocycles. The van der Waals surface area contributed by atoms with E-state index in [1.54, 1.807) is 0 Å². The SMILES string of the molecule is c1ccc(Oc2cccc(CN3CCc4ccccc43)c2)cc1. The van der Waals surface area contributed by atoms with Crippen LogP contribution in [0, 0.1) is 0 Å². The van der Waals surface area contributed by atoms with Gasteiger partial charge in [0.1, 0.15) is 11.5 Å². The smallest absolute Gasteiger partial charge is 0.127 e. The lowest BCUT2D eigenvalue weighted by Gasteiger charge is -2.19. The van der Waals surface area contributed by atoms with Crippen molar-refractivity contribution in [1.82, 2.24) is 0 Å². The predicted octanol–water partition coefficient (Wildman–Crippen LogP) is 5.04. The van der Waals surface area contributed by atoms with Gasteiger partial charge in [-0.2, -0.15) is 0 Å². The number of benzene rings is 3. The van der Waals surface area contributed by atoms with E-state index in [0.717, 1.165) is 31.0 Å². The Labute approximate surface area is 137 Å². The van der Waals surface area contributed by atoms with E-state index in [4.69, 9.17) is 4.74 Å². The van der Waals surface area contributed by atoms with Crippen molar-refractivity contribution < 1.29 is 4.74 Å². The Morgan fingerprint density at radius 2 is 1.57 bits per heavy atom. The first-order chi connectivity index (χ1) is 11.4. The molecule has 114 valence electrons. The zero-order chi connectivity index (χ0) is 15.5. The van der Waals surface area contributed by atoms with Crippen LogP contribution in [0.2, 0.25) is 0 Å². The molecule has 2 heteroatoms. The first kappa shape index (κ1) is 13.9. The molecular formula is C21H19NO. The van der Waals surface area contributed by atoms with Gasteiger partial charge < -0.3 is 9.64 Å². The highest BCUT2D eigenvalue weighted by Gasteiger charge is 2.18. The molecular weight excluding hydrogens is 282 g/mol. The maximum Gasteiger partial charge on any atom is 0.127 e. The van der Waals surface area contributed by atoms with Crippen LogP contribution in [0.15, 0.2) is 78.9 Å². The summed E-state index contributed by atoms with van der Waals surface area (Å²) < 4.78 is 5.93. The summed E-state index contributed by atoms with van der Waals surface area (Å²) in [5.41, 5.74) is 4.08. The van der Waals surface area contributed by atoms with Gasteiger partial charge >= 0.3 is 0 Å². The van der Waals surface area contributed by atoms with E-state index in [1.165, 1.54) is 16.8 Å². The molecule has 0 atom stereocenters. The average Bonchev–Trinajstić information content (AvgIpc) is 2.99. The molecule has 4 rings (SSSR count). The summed E-state index contributed by atoms with van der Waals surface area (Å²) in [6.45, 7) is 2.01. The number of ether oxygens (including phenoxy) is 1. The van der Waals surface area contributed by atoms with E-state index in [9.17, 15) is 0 Å². The van der Waals surface area contributed by atoms with Crippen molar-refractivity contribution in [3.63, 3.8) is 0 Å². The number of anilines is 1. The van der Waals surface area contributed by atoms with Gasteiger partial charge in [-0.05, 0) is 47.9 Å². The highest BCUT2D eigenvalue weighted by molar-refractivity contribution is 5.58. The van der Waals surface area contributed by atoms with Gasteiger partial charge in [-0.1, -0.05) is 48.5 Å². The molecule has 3 aromatic rings. The number of hydrogen-bond donors (Lipinski definition) is 0. The van der Waals surface area contributed by atoms with Gasteiger partial charge in [0.2, 0.25) is 0 Å². The van der Waals surface area contributed by atoms with Crippen molar-refractivity contribution >= 4 is 5.69 Å². The zero-order valence-electron chi connectivity index (χ0n) is 13.0. The molecule has 2 nitrogen and oxygen atoms in total. The van der Waals surface area contributed by atoms with Crippen molar-refractivity contribution in [2.45, 2.75) is 13.0 Å². The predicted molar refractivity (Wildman–Crippen MR) is 94.2 cm³/mol. The van der Waals surface area contributed by atoms with Crippen molar-refractivity contribution in [3.05, 3.63) is 90.0 Å². The summed E-state index contributed by atoms with van der Waals surface area (Å²) in [4.78, 5) is 2.44. The van der Waals surface area contributed by atoms with E-state index in [1.807, 2.05) is 36.4 Å². The van der Waals surface area contributed by atoms with Gasteiger partial charge in [0, 0.05) is 18.8 Å². The number of hydrogen-bond acceptors (Lipinski definition) is 2. The number of rotatable bonds is 4. The molecule has 1 aliphatic heterocycles. The Morgan fingerprint density at radius 1 is 0.783 bits per heavy atom. The quantitative estimate of drug-likeness (QED) is 0.669. The molecule has 0 unspecified atom stereocenters. The minimum absolute atomic E-state index is 0.871. The van der Waals surface area contributed by atoms with Gasteiger partial charge in [-0.15, -0.1) is 0 Å². The maximum atomic E-state index is 5.93. The van der Waals surface area contributed by atoms with Crippen LogP contribution in [0.4, 0.5) is 5.69 Å². The largest absolute Gasteiger partial charge is 0.457 e. The van der Waals surface area contributed by atoms with Crippen molar-refractivity contribution in [1.29, 1.82) is 0 Å². The molecule has 1 aliphatic rings. The van der Waals surface area contributed by atoms with Crippen LogP contribution in [0.3, 0.4) is 0 Å². The second-order valence-electron chi connectivity index (χ2n) is 5.86. The number of fused-ring (bicyclic) bond motifs is 1. The molecule has 0 saturated heterocycles. The van der Waals surface area contributed by atoms with E-state index >= 15 is 0 Å². The molecule has 0 radical (unpaired) electrons. The third-order valence-corrected chi connectivity index (χ3v) is 4.23. The van der Waals surface area contributed by atoms with E-state index in [-0.39, 0.29) is 0 Å². The van der Waals surface area contributed by atoms with E-state index < -0.39 is 0 Å². The Morgan fingerprint density at radius 3 is 2.48 bits per heavy atom. The normalized spacial score (nSPS) is 13.0. The summed E-state index contributed by atoms with van der Waals surface area (Å²) in [5, 5.41) is 0. The molecule has 0 amide bonds. The van der Waals surface area contributed by atoms with Crippen LogP contribution in [-0.4, -0.2) is 6.54 Å². The number of nitrogens with zero attached hydrogens (tertiary/aromatic N) is 1. The van der Waals surface area contributed by atoms with Crippen LogP contribution >= 0.6 is 0 Å². The molecule has 23 heavy (non-hydrogen) atoms. The van der Waals surface area contributed by atoms with E-state index in [2.05, 4.69) is 47.4 Å². The average molecular weight is 301 g/mol. The Kier molecular flexibility index (Phi) is 3.73. The summed E-state index contributed by atoms with van der Waals surface area (Å²) in [6.07, 6.45) is 1.14. The monoisotopic (exact) mass is 301 g/mol. The topological polar surface area (TPSA) is 12.5 Å². The Bertz CT molecular complexity index is 798. The second-order valence-corrected chi connectivity index (χ2v) is 5.86. The molecule has 0 spiro atoms. The van der Waals surface area contributed by atoms with Gasteiger partial charge in [-0.25, -0.2) is 0 Å². The molecule has 0 fully saturated rings. The zero-order valence-corrected chi connectivity index (χ0v) is 13.0. The Hall–Kier alpha value is -2.74. The van der Waals surface area contributed by atoms with Crippen molar-refractivity contribution in [2.75, 3.05) is 11.4 Å². The minimum atomic E-state index is 0.871. The second kappa shape index (κ2) is 6.17. The molecule has 0 bridgehead atoms. The van der Waals surface area contributed by atoms with Gasteiger partial charge in [0.05, 0.1) is 0 Å². The number of para-hydroxylation sites is 2. The lowest BCUT2D eigenvalue weighted by molar-refractivity contribution is 0.482. The van der Waals surface area contributed by atoms with Crippen LogP contribution < -0.4 is 9.64 Å². The fourth-order valence-electron chi connectivity index (χ4n) is 3.12. The summed E-state index contributed by atoms with van der Waals surface area (Å²) in [6, 6.07) is 27.0.